The average molecular weight is 611 g/mol. The van der Waals surface area contributed by atoms with Crippen LogP contribution < -0.4 is 10.2 Å². The van der Waals surface area contributed by atoms with Gasteiger partial charge >= 0.3 is 0 Å². The number of nitro groups is 1. The summed E-state index contributed by atoms with van der Waals surface area (Å²) in [5.41, 5.74) is 2.49. The fourth-order valence-corrected chi connectivity index (χ4v) is 6.61. The lowest BCUT2D eigenvalue weighted by Crippen LogP contribution is -2.44. The van der Waals surface area contributed by atoms with Crippen LogP contribution in [0.5, 0.6) is 0 Å². The summed E-state index contributed by atoms with van der Waals surface area (Å²) in [7, 11) is -3.79. The van der Waals surface area contributed by atoms with E-state index in [9.17, 15) is 28.4 Å². The lowest BCUT2D eigenvalue weighted by atomic mass is 10.1. The Kier molecular flexibility index (Phi) is 12.7. The van der Waals surface area contributed by atoms with Crippen molar-refractivity contribution in [2.45, 2.75) is 57.5 Å². The predicted octanol–water partition coefficient (Wildman–Crippen LogP) is 4.90. The zero-order valence-electron chi connectivity index (χ0n) is 25.1. The minimum atomic E-state index is -3.79. The number of aliphatic hydroxyl groups excluding tert-OH is 1. The van der Waals surface area contributed by atoms with E-state index in [1.165, 1.54) is 16.4 Å². The molecule has 3 aromatic carbocycles. The maximum atomic E-state index is 13.5. The van der Waals surface area contributed by atoms with Crippen LogP contribution in [0, 0.1) is 23.0 Å². The standard InChI is InChI=1S/C32H42N4O6S/c1-25(2)21-35(43(41,42)31-17-15-26(3)16-18-31)30(24-37)13-7-8-19-33-32(38)23-34(28-11-5-4-6-12-28)22-27-10-9-14-29(20-27)36(39)40/h4-6,9-12,14-18,20,25,30,37H,7-8,13,19,21-24H2,1-3H3,(H,33,38)/t30-/m0/s1. The summed E-state index contributed by atoms with van der Waals surface area (Å²) in [5.74, 6) is -0.125. The number of para-hydroxylation sites is 1. The van der Waals surface area contributed by atoms with E-state index in [1.807, 2.05) is 56.0 Å². The molecule has 0 saturated carbocycles. The number of hydrogen-bond donors (Lipinski definition) is 2. The van der Waals surface area contributed by atoms with Crippen molar-refractivity contribution in [3.05, 3.63) is 100 Å². The Morgan fingerprint density at radius 3 is 2.33 bits per heavy atom. The van der Waals surface area contributed by atoms with Gasteiger partial charge in [0.1, 0.15) is 0 Å². The Morgan fingerprint density at radius 2 is 1.70 bits per heavy atom. The van der Waals surface area contributed by atoms with Gasteiger partial charge in [-0.05, 0) is 55.5 Å². The topological polar surface area (TPSA) is 133 Å². The molecule has 0 saturated heterocycles. The number of non-ortho nitro benzene ring substituents is 1. The predicted molar refractivity (Wildman–Crippen MR) is 168 cm³/mol. The van der Waals surface area contributed by atoms with Gasteiger partial charge in [0.15, 0.2) is 0 Å². The SMILES string of the molecule is Cc1ccc(S(=O)(=O)N(CC(C)C)[C@H](CO)CCCCNC(=O)CN(Cc2cccc([N+](=O)[O-])c2)c2ccccc2)cc1. The van der Waals surface area contributed by atoms with Gasteiger partial charge in [-0.2, -0.15) is 4.31 Å². The van der Waals surface area contributed by atoms with Gasteiger partial charge in [0.05, 0.1) is 23.0 Å². The highest BCUT2D eigenvalue weighted by Crippen LogP contribution is 2.23. The number of unbranched alkanes of at least 4 members (excludes halogenated alkanes) is 1. The second kappa shape index (κ2) is 16.2. The molecule has 10 nitrogen and oxygen atoms in total. The summed E-state index contributed by atoms with van der Waals surface area (Å²) in [6, 6.07) is 21.9. The van der Waals surface area contributed by atoms with Crippen LogP contribution >= 0.6 is 0 Å². The number of aliphatic hydroxyl groups is 1. The number of aryl methyl sites for hydroxylation is 1. The number of nitrogens with zero attached hydrogens (tertiary/aromatic N) is 3. The van der Waals surface area contributed by atoms with Crippen LogP contribution in [0.1, 0.15) is 44.2 Å². The van der Waals surface area contributed by atoms with E-state index in [-0.39, 0.29) is 42.1 Å². The van der Waals surface area contributed by atoms with Crippen LogP contribution in [0.4, 0.5) is 11.4 Å². The zero-order chi connectivity index (χ0) is 31.4. The molecule has 0 aliphatic carbocycles. The van der Waals surface area contributed by atoms with Crippen LogP contribution in [-0.4, -0.2) is 60.9 Å². The average Bonchev–Trinajstić information content (AvgIpc) is 2.98. The summed E-state index contributed by atoms with van der Waals surface area (Å²) in [6.07, 6.45) is 1.67. The summed E-state index contributed by atoms with van der Waals surface area (Å²) in [6.45, 7) is 6.55. The van der Waals surface area contributed by atoms with Crippen molar-refractivity contribution >= 4 is 27.3 Å². The van der Waals surface area contributed by atoms with Gasteiger partial charge in [0.2, 0.25) is 15.9 Å². The molecule has 232 valence electrons. The molecule has 0 aromatic heterocycles. The molecule has 1 atom stereocenters. The summed E-state index contributed by atoms with van der Waals surface area (Å²) >= 11 is 0. The van der Waals surface area contributed by atoms with Gasteiger partial charge in [0.25, 0.3) is 5.69 Å². The normalized spacial score (nSPS) is 12.3. The Labute approximate surface area is 254 Å². The molecule has 0 bridgehead atoms. The molecule has 0 heterocycles. The Bertz CT molecular complexity index is 1430. The van der Waals surface area contributed by atoms with Gasteiger partial charge in [-0.3, -0.25) is 14.9 Å². The minimum absolute atomic E-state index is 0.00484. The van der Waals surface area contributed by atoms with E-state index in [1.54, 1.807) is 36.4 Å². The number of rotatable bonds is 17. The van der Waals surface area contributed by atoms with E-state index in [4.69, 9.17) is 0 Å². The van der Waals surface area contributed by atoms with Gasteiger partial charge in [-0.25, -0.2) is 8.42 Å². The number of carbonyl (C=O) groups excluding carboxylic acids is 1. The minimum Gasteiger partial charge on any atom is -0.395 e. The number of amides is 1. The molecular formula is C32H42N4O6S. The van der Waals surface area contributed by atoms with Gasteiger partial charge < -0.3 is 15.3 Å². The van der Waals surface area contributed by atoms with Crippen LogP contribution in [0.3, 0.4) is 0 Å². The second-order valence-electron chi connectivity index (χ2n) is 11.1. The molecule has 0 radical (unpaired) electrons. The highest BCUT2D eigenvalue weighted by molar-refractivity contribution is 7.89. The van der Waals surface area contributed by atoms with E-state index < -0.39 is 21.0 Å². The van der Waals surface area contributed by atoms with Crippen molar-refractivity contribution in [3.8, 4) is 0 Å². The Morgan fingerprint density at radius 1 is 1.00 bits per heavy atom. The van der Waals surface area contributed by atoms with E-state index >= 15 is 0 Å². The zero-order valence-corrected chi connectivity index (χ0v) is 25.9. The summed E-state index contributed by atoms with van der Waals surface area (Å²) in [5, 5.41) is 24.3. The maximum absolute atomic E-state index is 13.5. The maximum Gasteiger partial charge on any atom is 0.269 e. The first-order valence-electron chi connectivity index (χ1n) is 14.5. The molecule has 3 rings (SSSR count). The van der Waals surface area contributed by atoms with Crippen LogP contribution in [0.15, 0.2) is 83.8 Å². The van der Waals surface area contributed by atoms with Crippen LogP contribution in [0.2, 0.25) is 0 Å². The van der Waals surface area contributed by atoms with Gasteiger partial charge in [0, 0.05) is 43.5 Å². The van der Waals surface area contributed by atoms with Crippen molar-refractivity contribution in [2.24, 2.45) is 5.92 Å². The summed E-state index contributed by atoms with van der Waals surface area (Å²) < 4.78 is 28.4. The molecule has 2 N–H and O–H groups in total. The number of anilines is 1. The van der Waals surface area contributed by atoms with Crippen molar-refractivity contribution in [2.75, 3.05) is 31.1 Å². The third kappa shape index (κ3) is 10.2. The number of hydrogen-bond acceptors (Lipinski definition) is 7. The highest BCUT2D eigenvalue weighted by atomic mass is 32.2. The monoisotopic (exact) mass is 610 g/mol. The first-order chi connectivity index (χ1) is 20.5. The van der Waals surface area contributed by atoms with Crippen LogP contribution in [-0.2, 0) is 21.4 Å². The molecule has 0 aliphatic rings. The molecule has 43 heavy (non-hydrogen) atoms. The lowest BCUT2D eigenvalue weighted by molar-refractivity contribution is -0.384. The van der Waals surface area contributed by atoms with Crippen molar-refractivity contribution in [1.29, 1.82) is 0 Å². The first kappa shape index (κ1) is 33.7. The molecule has 3 aromatic rings. The Balaban J connectivity index is 1.57. The second-order valence-corrected chi connectivity index (χ2v) is 13.0. The number of carbonyl (C=O) groups is 1. The molecule has 0 unspecified atom stereocenters. The quantitative estimate of drug-likeness (QED) is 0.126. The lowest BCUT2D eigenvalue weighted by Gasteiger charge is -2.31. The molecule has 0 spiro atoms. The molecular weight excluding hydrogens is 568 g/mol. The smallest absolute Gasteiger partial charge is 0.269 e. The largest absolute Gasteiger partial charge is 0.395 e. The fraction of sp³-hybridized carbons (Fsp3) is 0.406. The molecule has 11 heteroatoms. The number of benzene rings is 3. The third-order valence-electron chi connectivity index (χ3n) is 7.03. The van der Waals surface area contributed by atoms with Crippen molar-refractivity contribution < 1.29 is 23.2 Å². The molecule has 0 aliphatic heterocycles. The fourth-order valence-electron chi connectivity index (χ4n) is 4.80. The number of nitro benzene ring substituents is 1. The van der Waals surface area contributed by atoms with E-state index in [0.29, 0.717) is 37.9 Å². The van der Waals surface area contributed by atoms with Crippen molar-refractivity contribution in [1.82, 2.24) is 9.62 Å². The van der Waals surface area contributed by atoms with Crippen LogP contribution in [0.25, 0.3) is 0 Å². The molecule has 0 fully saturated rings. The third-order valence-corrected chi connectivity index (χ3v) is 8.96. The number of nitrogens with one attached hydrogen (secondary N) is 1. The summed E-state index contributed by atoms with van der Waals surface area (Å²) in [4.78, 5) is 25.7. The van der Waals surface area contributed by atoms with E-state index in [0.717, 1.165) is 11.3 Å². The van der Waals surface area contributed by atoms with Gasteiger partial charge in [-0.15, -0.1) is 0 Å². The first-order valence-corrected chi connectivity index (χ1v) is 15.9. The van der Waals surface area contributed by atoms with Gasteiger partial charge in [-0.1, -0.05) is 68.3 Å². The van der Waals surface area contributed by atoms with E-state index in [2.05, 4.69) is 5.32 Å². The highest BCUT2D eigenvalue weighted by Gasteiger charge is 2.31. The van der Waals surface area contributed by atoms with Crippen molar-refractivity contribution in [3.63, 3.8) is 0 Å². The Hall–Kier alpha value is -3.80. The molecule has 1 amide bonds. The number of sulfonamides is 1.